The van der Waals surface area contributed by atoms with Crippen molar-refractivity contribution in [3.8, 4) is 0 Å². The first kappa shape index (κ1) is 13.8. The second-order valence-corrected chi connectivity index (χ2v) is 5.49. The summed E-state index contributed by atoms with van der Waals surface area (Å²) in [5, 5.41) is 0. The number of rotatable bonds is 4. The van der Waals surface area contributed by atoms with Crippen LogP contribution in [0.4, 0.5) is 4.39 Å². The molecule has 98 valence electrons. The van der Waals surface area contributed by atoms with Crippen LogP contribution in [0.25, 0.3) is 0 Å². The van der Waals surface area contributed by atoms with Crippen molar-refractivity contribution < 1.29 is 9.18 Å². The summed E-state index contributed by atoms with van der Waals surface area (Å²) in [4.78, 5) is 12.3. The Morgan fingerprint density at radius 3 is 2.42 bits per heavy atom. The van der Waals surface area contributed by atoms with Crippen molar-refractivity contribution >= 4 is 17.5 Å². The van der Waals surface area contributed by atoms with Crippen LogP contribution in [0.3, 0.4) is 0 Å². The van der Waals surface area contributed by atoms with Crippen LogP contribution >= 0.6 is 11.8 Å². The molecule has 0 fully saturated rings. The molecule has 3 heteroatoms. The Balaban J connectivity index is 2.04. The number of hydrogen-bond donors (Lipinski definition) is 0. The highest BCUT2D eigenvalue weighted by Gasteiger charge is 2.03. The molecule has 0 aromatic heterocycles. The minimum Gasteiger partial charge on any atom is -0.295 e. The van der Waals surface area contributed by atoms with Gasteiger partial charge in [0.25, 0.3) is 0 Å². The molecule has 2 aromatic rings. The van der Waals surface area contributed by atoms with Crippen LogP contribution in [0.2, 0.25) is 0 Å². The van der Waals surface area contributed by atoms with E-state index in [9.17, 15) is 9.18 Å². The summed E-state index contributed by atoms with van der Waals surface area (Å²) in [7, 11) is 0. The van der Waals surface area contributed by atoms with E-state index < -0.39 is 0 Å². The van der Waals surface area contributed by atoms with Crippen molar-refractivity contribution in [3.63, 3.8) is 0 Å². The number of carbonyl (C=O) groups excluding carboxylic acids is 1. The largest absolute Gasteiger partial charge is 0.295 e. The molecule has 0 atom stereocenters. The van der Waals surface area contributed by atoms with Gasteiger partial charge in [0, 0.05) is 16.2 Å². The van der Waals surface area contributed by atoms with E-state index in [-0.39, 0.29) is 11.6 Å². The SMILES string of the molecule is CC(=O)c1ccc(SCc2ccc(F)cc2C)cc1. The number of carbonyl (C=O) groups is 1. The Kier molecular flexibility index (Phi) is 4.38. The third-order valence-electron chi connectivity index (χ3n) is 2.96. The van der Waals surface area contributed by atoms with Crippen LogP contribution in [-0.4, -0.2) is 5.78 Å². The normalized spacial score (nSPS) is 10.5. The van der Waals surface area contributed by atoms with E-state index in [0.29, 0.717) is 0 Å². The van der Waals surface area contributed by atoms with E-state index in [2.05, 4.69) is 0 Å². The molecule has 2 aromatic carbocycles. The Hall–Kier alpha value is -1.61. The first-order valence-electron chi connectivity index (χ1n) is 6.05. The fourth-order valence-corrected chi connectivity index (χ4v) is 2.74. The standard InChI is InChI=1S/C16H15FOS/c1-11-9-15(17)6-3-14(11)10-19-16-7-4-13(5-8-16)12(2)18/h3-9H,10H2,1-2H3. The molecular weight excluding hydrogens is 259 g/mol. The predicted octanol–water partition coefficient (Wildman–Crippen LogP) is 4.63. The molecule has 0 amide bonds. The van der Waals surface area contributed by atoms with Gasteiger partial charge >= 0.3 is 0 Å². The molecule has 2 rings (SSSR count). The number of hydrogen-bond acceptors (Lipinski definition) is 2. The summed E-state index contributed by atoms with van der Waals surface area (Å²) in [5.74, 6) is 0.675. The molecule has 0 saturated heterocycles. The van der Waals surface area contributed by atoms with Crippen molar-refractivity contribution in [2.24, 2.45) is 0 Å². The van der Waals surface area contributed by atoms with Crippen LogP contribution in [0.15, 0.2) is 47.4 Å². The molecule has 0 N–H and O–H groups in total. The first-order chi connectivity index (χ1) is 9.06. The monoisotopic (exact) mass is 274 g/mol. The summed E-state index contributed by atoms with van der Waals surface area (Å²) in [6.45, 7) is 3.47. The Bertz CT molecular complexity index is 590. The molecule has 0 saturated carbocycles. The average molecular weight is 274 g/mol. The second kappa shape index (κ2) is 6.02. The van der Waals surface area contributed by atoms with Crippen LogP contribution in [0, 0.1) is 12.7 Å². The van der Waals surface area contributed by atoms with Gasteiger partial charge in [0.15, 0.2) is 5.78 Å². The molecule has 0 heterocycles. The zero-order chi connectivity index (χ0) is 13.8. The lowest BCUT2D eigenvalue weighted by Gasteiger charge is -2.06. The third-order valence-corrected chi connectivity index (χ3v) is 4.02. The van der Waals surface area contributed by atoms with Gasteiger partial charge in [-0.15, -0.1) is 11.8 Å². The topological polar surface area (TPSA) is 17.1 Å². The predicted molar refractivity (Wildman–Crippen MR) is 77.1 cm³/mol. The van der Waals surface area contributed by atoms with E-state index in [1.54, 1.807) is 24.8 Å². The van der Waals surface area contributed by atoms with Crippen molar-refractivity contribution in [2.45, 2.75) is 24.5 Å². The molecular formula is C16H15FOS. The molecule has 1 nitrogen and oxygen atoms in total. The summed E-state index contributed by atoms with van der Waals surface area (Å²) in [6, 6.07) is 12.4. The fourth-order valence-electron chi connectivity index (χ4n) is 1.77. The maximum absolute atomic E-state index is 13.0. The van der Waals surface area contributed by atoms with Gasteiger partial charge in [0.2, 0.25) is 0 Å². The van der Waals surface area contributed by atoms with E-state index in [4.69, 9.17) is 0 Å². The van der Waals surface area contributed by atoms with Gasteiger partial charge in [-0.25, -0.2) is 4.39 Å². The molecule has 0 unspecified atom stereocenters. The Labute approximate surface area is 116 Å². The summed E-state index contributed by atoms with van der Waals surface area (Å²) in [5.41, 5.74) is 2.82. The highest BCUT2D eigenvalue weighted by Crippen LogP contribution is 2.25. The van der Waals surface area contributed by atoms with Gasteiger partial charge in [-0.2, -0.15) is 0 Å². The van der Waals surface area contributed by atoms with Crippen molar-refractivity contribution in [1.29, 1.82) is 0 Å². The van der Waals surface area contributed by atoms with E-state index >= 15 is 0 Å². The minimum atomic E-state index is -0.197. The number of Topliss-reactive ketones (excluding diaryl/α,β-unsaturated/α-hetero) is 1. The molecule has 19 heavy (non-hydrogen) atoms. The zero-order valence-corrected chi connectivity index (χ0v) is 11.8. The molecule has 0 aliphatic carbocycles. The summed E-state index contributed by atoms with van der Waals surface area (Å²) >= 11 is 1.68. The van der Waals surface area contributed by atoms with Crippen molar-refractivity contribution in [3.05, 3.63) is 65.0 Å². The van der Waals surface area contributed by atoms with E-state index in [1.165, 1.54) is 6.07 Å². The van der Waals surface area contributed by atoms with Gasteiger partial charge in [0.05, 0.1) is 0 Å². The smallest absolute Gasteiger partial charge is 0.159 e. The van der Waals surface area contributed by atoms with Gasteiger partial charge in [-0.1, -0.05) is 18.2 Å². The maximum Gasteiger partial charge on any atom is 0.159 e. The summed E-state index contributed by atoms with van der Waals surface area (Å²) < 4.78 is 13.0. The first-order valence-corrected chi connectivity index (χ1v) is 7.03. The Morgan fingerprint density at radius 2 is 1.84 bits per heavy atom. The lowest BCUT2D eigenvalue weighted by molar-refractivity contribution is 0.101. The van der Waals surface area contributed by atoms with Crippen LogP contribution < -0.4 is 0 Å². The number of thioether (sulfide) groups is 1. The molecule has 0 aliphatic heterocycles. The van der Waals surface area contributed by atoms with Crippen LogP contribution in [0.1, 0.15) is 28.4 Å². The van der Waals surface area contributed by atoms with Crippen LogP contribution in [0.5, 0.6) is 0 Å². The van der Waals surface area contributed by atoms with Gasteiger partial charge in [0.1, 0.15) is 5.82 Å². The second-order valence-electron chi connectivity index (χ2n) is 4.44. The van der Waals surface area contributed by atoms with Crippen LogP contribution in [-0.2, 0) is 5.75 Å². The Morgan fingerprint density at radius 1 is 1.16 bits per heavy atom. The molecule has 0 aliphatic rings. The molecule has 0 radical (unpaired) electrons. The van der Waals surface area contributed by atoms with Crippen molar-refractivity contribution in [2.75, 3.05) is 0 Å². The molecule has 0 spiro atoms. The van der Waals surface area contributed by atoms with Gasteiger partial charge in [-0.05, 0) is 49.2 Å². The minimum absolute atomic E-state index is 0.0749. The fraction of sp³-hybridized carbons (Fsp3) is 0.188. The number of halogens is 1. The van der Waals surface area contributed by atoms with Gasteiger partial charge in [-0.3, -0.25) is 4.79 Å². The quantitative estimate of drug-likeness (QED) is 0.597. The highest BCUT2D eigenvalue weighted by atomic mass is 32.2. The zero-order valence-electron chi connectivity index (χ0n) is 10.9. The lowest BCUT2D eigenvalue weighted by Crippen LogP contribution is -1.91. The number of benzene rings is 2. The van der Waals surface area contributed by atoms with Crippen molar-refractivity contribution in [1.82, 2.24) is 0 Å². The summed E-state index contributed by atoms with van der Waals surface area (Å²) in [6.07, 6.45) is 0. The number of aryl methyl sites for hydroxylation is 1. The average Bonchev–Trinajstić information content (AvgIpc) is 2.38. The molecule has 0 bridgehead atoms. The maximum atomic E-state index is 13.0. The number of ketones is 1. The third kappa shape index (κ3) is 3.67. The van der Waals surface area contributed by atoms with E-state index in [0.717, 1.165) is 27.3 Å². The highest BCUT2D eigenvalue weighted by molar-refractivity contribution is 7.98. The van der Waals surface area contributed by atoms with Gasteiger partial charge < -0.3 is 0 Å². The van der Waals surface area contributed by atoms with E-state index in [1.807, 2.05) is 37.3 Å². The lowest BCUT2D eigenvalue weighted by atomic mass is 10.1.